The molecule has 1 saturated heterocycles. The Balaban J connectivity index is 1.37. The number of fused-ring (bicyclic) bond motifs is 1. The second-order valence-electron chi connectivity index (χ2n) is 8.95. The third kappa shape index (κ3) is 3.64. The molecule has 0 amide bonds. The smallest absolute Gasteiger partial charge is 0.151 e. The monoisotopic (exact) mass is 459 g/mol. The van der Waals surface area contributed by atoms with E-state index in [1.165, 1.54) is 0 Å². The van der Waals surface area contributed by atoms with Gasteiger partial charge in [0, 0.05) is 17.8 Å². The predicted octanol–water partition coefficient (Wildman–Crippen LogP) is 3.23. The molecule has 2 N–H and O–H groups in total. The summed E-state index contributed by atoms with van der Waals surface area (Å²) < 4.78 is 7.13. The summed E-state index contributed by atoms with van der Waals surface area (Å²) in [5.74, 6) is 0.256. The first-order chi connectivity index (χ1) is 16.0. The Morgan fingerprint density at radius 3 is 2.82 bits per heavy atom. The molecule has 10 heteroatoms. The summed E-state index contributed by atoms with van der Waals surface area (Å²) in [5, 5.41) is 37.8. The van der Waals surface area contributed by atoms with Crippen LogP contribution in [0.3, 0.4) is 0 Å². The molecule has 0 aromatic carbocycles. The van der Waals surface area contributed by atoms with Gasteiger partial charge in [0.05, 0.1) is 59.1 Å². The van der Waals surface area contributed by atoms with Gasteiger partial charge in [-0.3, -0.25) is 4.98 Å². The normalized spacial score (nSPS) is 22.5. The van der Waals surface area contributed by atoms with E-state index < -0.39 is 5.60 Å². The molecule has 6 rings (SSSR count). The van der Waals surface area contributed by atoms with Gasteiger partial charge >= 0.3 is 0 Å². The average Bonchev–Trinajstić information content (AvgIpc) is 3.41. The van der Waals surface area contributed by atoms with E-state index in [0.29, 0.717) is 31.6 Å². The molecule has 9 nitrogen and oxygen atoms in total. The van der Waals surface area contributed by atoms with Crippen LogP contribution in [0.15, 0.2) is 36.7 Å². The molecule has 0 unspecified atom stereocenters. The Morgan fingerprint density at radius 1 is 1.24 bits per heavy atom. The lowest BCUT2D eigenvalue weighted by Crippen LogP contribution is -2.40. The fourth-order valence-electron chi connectivity index (χ4n) is 4.36. The zero-order valence-electron chi connectivity index (χ0n) is 17.9. The number of aliphatic hydroxyl groups is 1. The molecule has 1 saturated carbocycles. The highest BCUT2D eigenvalue weighted by Gasteiger charge is 2.41. The molecule has 1 aliphatic carbocycles. The van der Waals surface area contributed by atoms with Crippen LogP contribution in [0, 0.1) is 11.3 Å². The van der Waals surface area contributed by atoms with Crippen LogP contribution in [0.25, 0.3) is 27.5 Å². The topological polar surface area (TPSA) is 121 Å². The summed E-state index contributed by atoms with van der Waals surface area (Å²) >= 11 is 1.55. The first-order valence-electron chi connectivity index (χ1n) is 10.8. The summed E-state index contributed by atoms with van der Waals surface area (Å²) in [5.41, 5.74) is 4.16. The number of hydrogen-bond acceptors (Lipinski definition) is 9. The second-order valence-corrected chi connectivity index (χ2v) is 9.96. The van der Waals surface area contributed by atoms with Crippen LogP contribution in [0.1, 0.15) is 36.3 Å². The molecular formula is C23H21N7O2S. The first kappa shape index (κ1) is 20.2. The maximum absolute atomic E-state index is 10.1. The Kier molecular flexibility index (Phi) is 4.65. The number of rotatable bonds is 5. The van der Waals surface area contributed by atoms with E-state index >= 15 is 0 Å². The van der Waals surface area contributed by atoms with Crippen LogP contribution in [0.4, 0.5) is 5.69 Å². The number of nitriles is 1. The third-order valence-corrected chi connectivity index (χ3v) is 7.31. The number of anilines is 1. The zero-order valence-corrected chi connectivity index (χ0v) is 18.7. The van der Waals surface area contributed by atoms with Crippen molar-refractivity contribution in [3.63, 3.8) is 0 Å². The van der Waals surface area contributed by atoms with Crippen LogP contribution >= 0.6 is 11.3 Å². The van der Waals surface area contributed by atoms with E-state index in [9.17, 15) is 5.11 Å². The number of nitrogens with zero attached hydrogens (tertiary/aromatic N) is 6. The van der Waals surface area contributed by atoms with Gasteiger partial charge < -0.3 is 15.2 Å². The van der Waals surface area contributed by atoms with E-state index in [0.717, 1.165) is 38.2 Å². The van der Waals surface area contributed by atoms with Crippen LogP contribution in [0.5, 0.6) is 0 Å². The molecule has 1 aliphatic heterocycles. The van der Waals surface area contributed by atoms with Crippen molar-refractivity contribution in [2.75, 3.05) is 18.5 Å². The van der Waals surface area contributed by atoms with Gasteiger partial charge in [0.1, 0.15) is 11.1 Å². The van der Waals surface area contributed by atoms with Gasteiger partial charge in [-0.15, -0.1) is 10.2 Å². The van der Waals surface area contributed by atoms with Crippen molar-refractivity contribution in [3.05, 3.63) is 47.2 Å². The number of aromatic nitrogens is 5. The average molecular weight is 460 g/mol. The maximum Gasteiger partial charge on any atom is 0.151 e. The molecule has 166 valence electrons. The number of ether oxygens (including phenoxy) is 1. The van der Waals surface area contributed by atoms with Crippen molar-refractivity contribution in [2.45, 2.75) is 37.3 Å². The summed E-state index contributed by atoms with van der Waals surface area (Å²) in [6.07, 6.45) is 4.80. The summed E-state index contributed by atoms with van der Waals surface area (Å²) in [7, 11) is 0. The molecule has 0 radical (unpaired) electrons. The quantitative estimate of drug-likeness (QED) is 0.467. The molecule has 0 spiro atoms. The summed E-state index contributed by atoms with van der Waals surface area (Å²) in [6, 6.07) is 10.0. The Hall–Kier alpha value is -3.39. The fourth-order valence-corrected chi connectivity index (χ4v) is 5.33. The Bertz CT molecular complexity index is 1390. The number of pyridine rings is 1. The van der Waals surface area contributed by atoms with E-state index in [1.807, 2.05) is 31.3 Å². The minimum Gasteiger partial charge on any atom is -0.390 e. The Labute approximate surface area is 193 Å². The molecule has 4 aromatic rings. The minimum atomic E-state index is -0.599. The van der Waals surface area contributed by atoms with E-state index in [-0.39, 0.29) is 12.0 Å². The molecule has 2 aliphatic rings. The zero-order chi connectivity index (χ0) is 22.6. The number of hydrogen-bond donors (Lipinski definition) is 2. The number of nitrogens with one attached hydrogen (secondary N) is 1. The lowest BCUT2D eigenvalue weighted by atomic mass is 9.72. The largest absolute Gasteiger partial charge is 0.390 e. The highest BCUT2D eigenvalue weighted by atomic mass is 32.1. The van der Waals surface area contributed by atoms with Crippen molar-refractivity contribution >= 4 is 22.5 Å². The van der Waals surface area contributed by atoms with E-state index in [2.05, 4.69) is 26.7 Å². The summed E-state index contributed by atoms with van der Waals surface area (Å²) in [4.78, 5) is 4.72. The molecular weight excluding hydrogens is 438 g/mol. The second kappa shape index (κ2) is 7.59. The lowest BCUT2D eigenvalue weighted by Gasteiger charge is -2.39. The molecule has 4 aromatic heterocycles. The van der Waals surface area contributed by atoms with Crippen molar-refractivity contribution < 1.29 is 9.84 Å². The van der Waals surface area contributed by atoms with Crippen LogP contribution in [0.2, 0.25) is 0 Å². The third-order valence-electron chi connectivity index (χ3n) is 6.19. The highest BCUT2D eigenvalue weighted by Crippen LogP contribution is 2.46. The molecule has 2 fully saturated rings. The van der Waals surface area contributed by atoms with Gasteiger partial charge in [0.25, 0.3) is 0 Å². The van der Waals surface area contributed by atoms with Crippen molar-refractivity contribution in [1.82, 2.24) is 24.8 Å². The van der Waals surface area contributed by atoms with Crippen LogP contribution in [-0.2, 0) is 4.74 Å². The SMILES string of the molecule is CC1(O)CC(c2nnc(-c3cnc(-c4ccc5cc(C#N)cnn45)cc3NC3COC3)s2)C1. The van der Waals surface area contributed by atoms with Crippen molar-refractivity contribution in [1.29, 1.82) is 5.26 Å². The molecule has 33 heavy (non-hydrogen) atoms. The van der Waals surface area contributed by atoms with Gasteiger partial charge in [-0.1, -0.05) is 11.3 Å². The summed E-state index contributed by atoms with van der Waals surface area (Å²) in [6.45, 7) is 3.17. The van der Waals surface area contributed by atoms with Crippen molar-refractivity contribution in [2.24, 2.45) is 0 Å². The Morgan fingerprint density at radius 2 is 2.09 bits per heavy atom. The van der Waals surface area contributed by atoms with E-state index in [1.54, 1.807) is 28.1 Å². The van der Waals surface area contributed by atoms with Crippen molar-refractivity contribution in [3.8, 4) is 28.0 Å². The van der Waals surface area contributed by atoms with Crippen LogP contribution < -0.4 is 5.32 Å². The van der Waals surface area contributed by atoms with Gasteiger partial charge in [-0.05, 0) is 44.0 Å². The fraction of sp³-hybridized carbons (Fsp3) is 0.348. The minimum absolute atomic E-state index is 0.230. The lowest BCUT2D eigenvalue weighted by molar-refractivity contribution is -0.0315. The standard InChI is InChI=1S/C23H21N7O2S/c1-23(31)6-14(7-23)21-28-29-22(33-21)17-10-25-19(5-18(17)27-15-11-32-12-15)20-3-2-16-4-13(8-24)9-26-30(16)20/h2-5,9-10,14-15,31H,6-7,11-12H2,1H3,(H,25,27). The molecule has 0 atom stereocenters. The van der Waals surface area contributed by atoms with Gasteiger partial charge in [-0.25, -0.2) is 4.52 Å². The van der Waals surface area contributed by atoms with Gasteiger partial charge in [-0.2, -0.15) is 10.4 Å². The molecule has 0 bridgehead atoms. The first-order valence-corrected chi connectivity index (χ1v) is 11.6. The van der Waals surface area contributed by atoms with Gasteiger partial charge in [0.15, 0.2) is 5.01 Å². The van der Waals surface area contributed by atoms with Crippen LogP contribution in [-0.4, -0.2) is 54.8 Å². The highest BCUT2D eigenvalue weighted by molar-refractivity contribution is 7.14. The predicted molar refractivity (Wildman–Crippen MR) is 123 cm³/mol. The molecule has 5 heterocycles. The maximum atomic E-state index is 10.1. The van der Waals surface area contributed by atoms with E-state index in [4.69, 9.17) is 15.0 Å². The van der Waals surface area contributed by atoms with Gasteiger partial charge in [0.2, 0.25) is 0 Å².